The van der Waals surface area contributed by atoms with Gasteiger partial charge in [-0.15, -0.1) is 0 Å². The molecule has 15 heavy (non-hydrogen) atoms. The van der Waals surface area contributed by atoms with Crippen molar-refractivity contribution < 1.29 is 4.79 Å². The number of amides is 1. The van der Waals surface area contributed by atoms with Gasteiger partial charge in [-0.05, 0) is 38.1 Å². The number of rotatable bonds is 8. The van der Waals surface area contributed by atoms with Crippen LogP contribution >= 0.6 is 0 Å². The molecule has 0 heterocycles. The molecule has 1 aliphatic rings. The summed E-state index contributed by atoms with van der Waals surface area (Å²) in [6, 6.07) is 2.08. The summed E-state index contributed by atoms with van der Waals surface area (Å²) in [4.78, 5) is 11.2. The van der Waals surface area contributed by atoms with Crippen LogP contribution in [0.1, 0.15) is 32.1 Å². The van der Waals surface area contributed by atoms with Gasteiger partial charge in [0.25, 0.3) is 0 Å². The summed E-state index contributed by atoms with van der Waals surface area (Å²) < 4.78 is 0. The molecule has 0 bridgehead atoms. The Bertz CT molecular complexity index is 230. The number of nitriles is 1. The Morgan fingerprint density at radius 2 is 2.20 bits per heavy atom. The second kappa shape index (κ2) is 7.24. The third kappa shape index (κ3) is 6.92. The Morgan fingerprint density at radius 3 is 2.87 bits per heavy atom. The molecule has 0 saturated heterocycles. The van der Waals surface area contributed by atoms with Crippen molar-refractivity contribution in [3.05, 3.63) is 0 Å². The van der Waals surface area contributed by atoms with Crippen LogP contribution in [0, 0.1) is 17.2 Å². The summed E-state index contributed by atoms with van der Waals surface area (Å²) in [5.41, 5.74) is 0. The third-order valence-corrected chi connectivity index (χ3v) is 2.45. The van der Waals surface area contributed by atoms with Crippen LogP contribution in [0.2, 0.25) is 0 Å². The maximum Gasteiger partial charge on any atom is 0.233 e. The van der Waals surface area contributed by atoms with Crippen LogP contribution in [0.25, 0.3) is 0 Å². The highest BCUT2D eigenvalue weighted by Gasteiger charge is 2.20. The molecule has 4 nitrogen and oxygen atoms in total. The van der Waals surface area contributed by atoms with Crippen molar-refractivity contribution in [2.75, 3.05) is 19.6 Å². The maximum atomic E-state index is 11.2. The molecule has 1 fully saturated rings. The molecule has 1 aliphatic carbocycles. The van der Waals surface area contributed by atoms with E-state index >= 15 is 0 Å². The van der Waals surface area contributed by atoms with E-state index in [1.807, 2.05) is 0 Å². The molecule has 2 N–H and O–H groups in total. The van der Waals surface area contributed by atoms with Crippen LogP contribution in [0.15, 0.2) is 0 Å². The average Bonchev–Trinajstić information content (AvgIpc) is 3.01. The van der Waals surface area contributed by atoms with E-state index in [9.17, 15) is 4.79 Å². The Morgan fingerprint density at radius 1 is 1.40 bits per heavy atom. The Hall–Kier alpha value is -1.08. The van der Waals surface area contributed by atoms with Crippen LogP contribution in [0.3, 0.4) is 0 Å². The monoisotopic (exact) mass is 209 g/mol. The number of carbonyl (C=O) groups excluding carboxylic acids is 1. The number of nitrogens with zero attached hydrogens (tertiary/aromatic N) is 1. The van der Waals surface area contributed by atoms with E-state index in [0.29, 0.717) is 19.5 Å². The lowest BCUT2D eigenvalue weighted by Crippen LogP contribution is -2.35. The summed E-state index contributed by atoms with van der Waals surface area (Å²) in [6.07, 6.45) is 4.95. The fourth-order valence-corrected chi connectivity index (χ4v) is 1.33. The minimum absolute atomic E-state index is 0.0626. The lowest BCUT2D eigenvalue weighted by molar-refractivity contribution is -0.120. The van der Waals surface area contributed by atoms with Crippen LogP contribution in [-0.4, -0.2) is 25.5 Å². The molecule has 84 valence electrons. The summed E-state index contributed by atoms with van der Waals surface area (Å²) >= 11 is 0. The van der Waals surface area contributed by atoms with Crippen molar-refractivity contribution in [3.8, 4) is 6.07 Å². The summed E-state index contributed by atoms with van der Waals surface area (Å²) in [5, 5.41) is 14.3. The van der Waals surface area contributed by atoms with E-state index in [1.165, 1.54) is 12.8 Å². The topological polar surface area (TPSA) is 64.9 Å². The van der Waals surface area contributed by atoms with Crippen molar-refractivity contribution in [2.24, 2.45) is 5.92 Å². The minimum atomic E-state index is 0.0626. The second-order valence-corrected chi connectivity index (χ2v) is 4.04. The first-order valence-electron chi connectivity index (χ1n) is 5.67. The normalized spacial score (nSPS) is 14.6. The van der Waals surface area contributed by atoms with Gasteiger partial charge in [0, 0.05) is 13.0 Å². The van der Waals surface area contributed by atoms with Crippen molar-refractivity contribution in [3.63, 3.8) is 0 Å². The number of hydrogen-bond donors (Lipinski definition) is 2. The highest BCUT2D eigenvalue weighted by atomic mass is 16.1. The van der Waals surface area contributed by atoms with Crippen molar-refractivity contribution in [1.82, 2.24) is 10.6 Å². The number of unbranched alkanes of at least 4 members (excludes halogenated alkanes) is 2. The molecule has 0 aromatic carbocycles. The first-order valence-corrected chi connectivity index (χ1v) is 5.67. The molecule has 0 atom stereocenters. The zero-order chi connectivity index (χ0) is 10.9. The summed E-state index contributed by atoms with van der Waals surface area (Å²) in [7, 11) is 0. The standard InChI is InChI=1S/C11H19N3O/c12-6-2-1-3-7-14-11(15)9-13-8-10-4-5-10/h10,13H,1-5,7-9H2,(H,14,15). The van der Waals surface area contributed by atoms with Gasteiger partial charge in [-0.25, -0.2) is 0 Å². The average molecular weight is 209 g/mol. The van der Waals surface area contributed by atoms with Crippen molar-refractivity contribution in [2.45, 2.75) is 32.1 Å². The van der Waals surface area contributed by atoms with E-state index in [0.717, 1.165) is 25.3 Å². The highest BCUT2D eigenvalue weighted by molar-refractivity contribution is 5.77. The molecule has 1 rings (SSSR count). The molecule has 4 heteroatoms. The predicted molar refractivity (Wildman–Crippen MR) is 58.1 cm³/mol. The zero-order valence-electron chi connectivity index (χ0n) is 9.09. The van der Waals surface area contributed by atoms with E-state index in [4.69, 9.17) is 5.26 Å². The lowest BCUT2D eigenvalue weighted by Gasteiger charge is -2.05. The van der Waals surface area contributed by atoms with Gasteiger partial charge in [0.1, 0.15) is 0 Å². The van der Waals surface area contributed by atoms with E-state index in [1.54, 1.807) is 0 Å². The summed E-state index contributed by atoms with van der Waals surface area (Å²) in [5.74, 6) is 0.876. The third-order valence-electron chi connectivity index (χ3n) is 2.45. The zero-order valence-corrected chi connectivity index (χ0v) is 9.09. The molecular formula is C11H19N3O. The lowest BCUT2D eigenvalue weighted by atomic mass is 10.2. The van der Waals surface area contributed by atoms with Crippen LogP contribution < -0.4 is 10.6 Å². The molecule has 0 unspecified atom stereocenters. The molecule has 0 aliphatic heterocycles. The fraction of sp³-hybridized carbons (Fsp3) is 0.818. The predicted octanol–water partition coefficient (Wildman–Crippen LogP) is 0.796. The smallest absolute Gasteiger partial charge is 0.233 e. The molecule has 1 saturated carbocycles. The molecule has 0 radical (unpaired) electrons. The van der Waals surface area contributed by atoms with Gasteiger partial charge >= 0.3 is 0 Å². The van der Waals surface area contributed by atoms with Gasteiger partial charge in [0.05, 0.1) is 12.6 Å². The Balaban J connectivity index is 1.82. The molecule has 1 amide bonds. The Kier molecular flexibility index (Phi) is 5.79. The van der Waals surface area contributed by atoms with Gasteiger partial charge < -0.3 is 10.6 Å². The van der Waals surface area contributed by atoms with Crippen LogP contribution in [0.5, 0.6) is 0 Å². The van der Waals surface area contributed by atoms with Gasteiger partial charge in [-0.1, -0.05) is 0 Å². The van der Waals surface area contributed by atoms with Crippen LogP contribution in [0.4, 0.5) is 0 Å². The van der Waals surface area contributed by atoms with Gasteiger partial charge in [0.15, 0.2) is 0 Å². The van der Waals surface area contributed by atoms with Crippen molar-refractivity contribution in [1.29, 1.82) is 5.26 Å². The molecule has 0 aromatic rings. The van der Waals surface area contributed by atoms with E-state index in [2.05, 4.69) is 16.7 Å². The Labute approximate surface area is 91.0 Å². The first kappa shape index (κ1) is 12.0. The van der Waals surface area contributed by atoms with E-state index < -0.39 is 0 Å². The molecular weight excluding hydrogens is 190 g/mol. The second-order valence-electron chi connectivity index (χ2n) is 4.04. The maximum absolute atomic E-state index is 11.2. The minimum Gasteiger partial charge on any atom is -0.355 e. The van der Waals surface area contributed by atoms with Gasteiger partial charge in [-0.3, -0.25) is 4.79 Å². The molecule has 0 aromatic heterocycles. The number of carbonyl (C=O) groups is 1. The quantitative estimate of drug-likeness (QED) is 0.581. The summed E-state index contributed by atoms with van der Waals surface area (Å²) in [6.45, 7) is 2.09. The fourth-order valence-electron chi connectivity index (χ4n) is 1.33. The molecule has 0 spiro atoms. The van der Waals surface area contributed by atoms with Gasteiger partial charge in [-0.2, -0.15) is 5.26 Å². The SMILES string of the molecule is N#CCCCCNC(=O)CNCC1CC1. The number of nitrogens with one attached hydrogen (secondary N) is 2. The first-order chi connectivity index (χ1) is 7.33. The van der Waals surface area contributed by atoms with Crippen molar-refractivity contribution >= 4 is 5.91 Å². The largest absolute Gasteiger partial charge is 0.355 e. The van der Waals surface area contributed by atoms with Crippen LogP contribution in [-0.2, 0) is 4.79 Å². The van der Waals surface area contributed by atoms with Gasteiger partial charge in [0.2, 0.25) is 5.91 Å². The van der Waals surface area contributed by atoms with E-state index in [-0.39, 0.29) is 5.91 Å². The number of hydrogen-bond acceptors (Lipinski definition) is 3. The highest BCUT2D eigenvalue weighted by Crippen LogP contribution is 2.27.